The van der Waals surface area contributed by atoms with Crippen LogP contribution in [0.25, 0.3) is 6.08 Å². The molecule has 0 aliphatic rings. The number of esters is 2. The Morgan fingerprint density at radius 2 is 1.42 bits per heavy atom. The van der Waals surface area contributed by atoms with Crippen LogP contribution < -0.4 is 5.32 Å². The van der Waals surface area contributed by atoms with Crippen molar-refractivity contribution in [2.45, 2.75) is 0 Å². The van der Waals surface area contributed by atoms with Crippen LogP contribution in [0.15, 0.2) is 89.9 Å². The Bertz CT molecular complexity index is 1250. The number of hydrogen-bond donors (Lipinski definition) is 1. The van der Waals surface area contributed by atoms with Gasteiger partial charge in [-0.3, -0.25) is 5.32 Å². The number of benzene rings is 3. The maximum Gasteiger partial charge on any atom is 0.411 e. The first-order valence-corrected chi connectivity index (χ1v) is 10.6. The minimum absolute atomic E-state index is 0.126. The summed E-state index contributed by atoms with van der Waals surface area (Å²) in [5.74, 6) is -1.04. The highest BCUT2D eigenvalue weighted by Gasteiger charge is 2.13. The Morgan fingerprint density at radius 3 is 2.08 bits per heavy atom. The zero-order chi connectivity index (χ0) is 26.2. The summed E-state index contributed by atoms with van der Waals surface area (Å²) in [5, 5.41) is 2.53. The van der Waals surface area contributed by atoms with Gasteiger partial charge in [0.25, 0.3) is 0 Å². The molecule has 0 aliphatic heterocycles. The van der Waals surface area contributed by atoms with E-state index in [0.29, 0.717) is 5.69 Å². The summed E-state index contributed by atoms with van der Waals surface area (Å²) in [4.78, 5) is 47.8. The molecule has 1 amide bonds. The van der Waals surface area contributed by atoms with E-state index in [4.69, 9.17) is 4.74 Å². The standard InChI is InChI=1S/C18H17NO4.C9H7NO3/c1-22-17(20)15-11-5-6-12-16(15)19-18(21)23-13-7-10-14-8-3-2-4-9-14;1-13-9(12)7-4-2-3-5-8(7)10-6-11/h2-12H,13H2,1H3,(H,19,21);2-5H,1H3/b10-7+;. The Labute approximate surface area is 208 Å². The molecule has 0 spiro atoms. The normalized spacial score (nSPS) is 9.72. The SMILES string of the molecule is COC(=O)c1ccccc1N=C=O.COC(=O)c1ccccc1NC(=O)OC/C=C/c1ccccc1. The van der Waals surface area contributed by atoms with E-state index in [2.05, 4.69) is 19.8 Å². The molecule has 0 aliphatic carbocycles. The maximum absolute atomic E-state index is 11.8. The fourth-order valence-electron chi connectivity index (χ4n) is 2.80. The molecular formula is C27H24N2O7. The van der Waals surface area contributed by atoms with Gasteiger partial charge < -0.3 is 14.2 Å². The average Bonchev–Trinajstić information content (AvgIpc) is 2.92. The molecule has 3 rings (SSSR count). The average molecular weight is 488 g/mol. The molecule has 0 bridgehead atoms. The van der Waals surface area contributed by atoms with Crippen LogP contribution in [-0.2, 0) is 19.0 Å². The van der Waals surface area contributed by atoms with Crippen LogP contribution >= 0.6 is 0 Å². The second-order valence-electron chi connectivity index (χ2n) is 6.79. The number of rotatable bonds is 7. The number of ether oxygens (including phenoxy) is 3. The number of aliphatic imine (C=N–C) groups is 1. The molecule has 0 heterocycles. The number of methoxy groups -OCH3 is 2. The number of isocyanates is 1. The first-order chi connectivity index (χ1) is 17.5. The van der Waals surface area contributed by atoms with Crippen LogP contribution in [0.4, 0.5) is 16.2 Å². The Morgan fingerprint density at radius 1 is 0.833 bits per heavy atom. The first kappa shape index (κ1) is 27.2. The number of anilines is 1. The summed E-state index contributed by atoms with van der Waals surface area (Å²) in [6.07, 6.45) is 4.32. The number of nitrogens with zero attached hydrogens (tertiary/aromatic N) is 1. The summed E-state index contributed by atoms with van der Waals surface area (Å²) in [6, 6.07) is 22.6. The van der Waals surface area contributed by atoms with Crippen LogP contribution in [0.3, 0.4) is 0 Å². The highest BCUT2D eigenvalue weighted by molar-refractivity contribution is 5.99. The third-order valence-corrected chi connectivity index (χ3v) is 4.47. The van der Waals surface area contributed by atoms with Gasteiger partial charge in [-0.2, -0.15) is 4.99 Å². The van der Waals surface area contributed by atoms with E-state index in [1.54, 1.807) is 42.5 Å². The van der Waals surface area contributed by atoms with Crippen molar-refractivity contribution in [2.24, 2.45) is 4.99 Å². The van der Waals surface area contributed by atoms with Crippen molar-refractivity contribution in [1.82, 2.24) is 0 Å². The van der Waals surface area contributed by atoms with E-state index >= 15 is 0 Å². The van der Waals surface area contributed by atoms with E-state index in [-0.39, 0.29) is 23.4 Å². The monoisotopic (exact) mass is 488 g/mol. The van der Waals surface area contributed by atoms with Crippen molar-refractivity contribution >= 4 is 41.6 Å². The maximum atomic E-state index is 11.8. The minimum Gasteiger partial charge on any atom is -0.465 e. The molecule has 0 radical (unpaired) electrons. The highest BCUT2D eigenvalue weighted by atomic mass is 16.5. The predicted molar refractivity (Wildman–Crippen MR) is 134 cm³/mol. The molecule has 0 aromatic heterocycles. The highest BCUT2D eigenvalue weighted by Crippen LogP contribution is 2.18. The van der Waals surface area contributed by atoms with Gasteiger partial charge in [-0.25, -0.2) is 19.2 Å². The quantitative estimate of drug-likeness (QED) is 0.211. The van der Waals surface area contributed by atoms with Crippen LogP contribution in [0.2, 0.25) is 0 Å². The van der Waals surface area contributed by atoms with Gasteiger partial charge in [0.05, 0.1) is 36.7 Å². The number of amides is 1. The van der Waals surface area contributed by atoms with Crippen LogP contribution in [-0.4, -0.2) is 44.9 Å². The molecule has 0 unspecified atom stereocenters. The molecule has 9 heteroatoms. The van der Waals surface area contributed by atoms with Crippen molar-refractivity contribution in [1.29, 1.82) is 0 Å². The summed E-state index contributed by atoms with van der Waals surface area (Å²) in [6.45, 7) is 0.126. The number of nitrogens with one attached hydrogen (secondary N) is 1. The summed E-state index contributed by atoms with van der Waals surface area (Å²) in [7, 11) is 2.55. The molecule has 0 fully saturated rings. The minimum atomic E-state index is -0.640. The third-order valence-electron chi connectivity index (χ3n) is 4.47. The van der Waals surface area contributed by atoms with E-state index in [1.165, 1.54) is 32.4 Å². The van der Waals surface area contributed by atoms with E-state index < -0.39 is 18.0 Å². The first-order valence-electron chi connectivity index (χ1n) is 10.6. The van der Waals surface area contributed by atoms with E-state index in [0.717, 1.165) is 5.56 Å². The molecule has 1 N–H and O–H groups in total. The molecular weight excluding hydrogens is 464 g/mol. The fourth-order valence-corrected chi connectivity index (χ4v) is 2.80. The van der Waals surface area contributed by atoms with Gasteiger partial charge >= 0.3 is 18.0 Å². The van der Waals surface area contributed by atoms with Gasteiger partial charge in [0.1, 0.15) is 6.61 Å². The topological polar surface area (TPSA) is 120 Å². The summed E-state index contributed by atoms with van der Waals surface area (Å²) < 4.78 is 14.2. The zero-order valence-corrected chi connectivity index (χ0v) is 19.7. The number of carbonyl (C=O) groups is 3. The van der Waals surface area contributed by atoms with Gasteiger partial charge in [0.15, 0.2) is 0 Å². The Hall–Kier alpha value is -5.01. The molecule has 0 atom stereocenters. The van der Waals surface area contributed by atoms with Gasteiger partial charge in [-0.05, 0) is 35.9 Å². The smallest absolute Gasteiger partial charge is 0.411 e. The van der Waals surface area contributed by atoms with Crippen LogP contribution in [0.5, 0.6) is 0 Å². The second-order valence-corrected chi connectivity index (χ2v) is 6.79. The lowest BCUT2D eigenvalue weighted by Crippen LogP contribution is -2.16. The fraction of sp³-hybridized carbons (Fsp3) is 0.111. The Balaban J connectivity index is 0.000000297. The molecule has 184 valence electrons. The van der Waals surface area contributed by atoms with Gasteiger partial charge in [0.2, 0.25) is 6.08 Å². The van der Waals surface area contributed by atoms with Gasteiger partial charge in [-0.1, -0.05) is 60.7 Å². The number of para-hydroxylation sites is 2. The molecule has 0 saturated carbocycles. The molecule has 36 heavy (non-hydrogen) atoms. The second kappa shape index (κ2) is 15.0. The molecule has 9 nitrogen and oxygen atoms in total. The van der Waals surface area contributed by atoms with Crippen LogP contribution in [0, 0.1) is 0 Å². The van der Waals surface area contributed by atoms with E-state index in [9.17, 15) is 19.2 Å². The van der Waals surface area contributed by atoms with Crippen molar-refractivity contribution < 1.29 is 33.4 Å². The van der Waals surface area contributed by atoms with E-state index in [1.807, 2.05) is 36.4 Å². The lowest BCUT2D eigenvalue weighted by Gasteiger charge is -2.09. The lowest BCUT2D eigenvalue weighted by atomic mass is 10.2. The largest absolute Gasteiger partial charge is 0.465 e. The van der Waals surface area contributed by atoms with Crippen molar-refractivity contribution in [3.8, 4) is 0 Å². The molecule has 3 aromatic rings. The molecule has 0 saturated heterocycles. The summed E-state index contributed by atoms with van der Waals surface area (Å²) >= 11 is 0. The molecule has 3 aromatic carbocycles. The van der Waals surface area contributed by atoms with Crippen molar-refractivity contribution in [2.75, 3.05) is 26.1 Å². The Kier molecular flexibility index (Phi) is 11.3. The van der Waals surface area contributed by atoms with Crippen molar-refractivity contribution in [3.63, 3.8) is 0 Å². The third kappa shape index (κ3) is 8.74. The lowest BCUT2D eigenvalue weighted by molar-refractivity contribution is 0.0592. The van der Waals surface area contributed by atoms with Crippen LogP contribution in [0.1, 0.15) is 26.3 Å². The number of carbonyl (C=O) groups excluding carboxylic acids is 4. The number of hydrogen-bond acceptors (Lipinski definition) is 8. The van der Waals surface area contributed by atoms with Crippen molar-refractivity contribution in [3.05, 3.63) is 102 Å². The zero-order valence-electron chi connectivity index (χ0n) is 19.7. The summed E-state index contributed by atoms with van der Waals surface area (Å²) in [5.41, 5.74) is 2.16. The van der Waals surface area contributed by atoms with Gasteiger partial charge in [-0.15, -0.1) is 0 Å². The predicted octanol–water partition coefficient (Wildman–Crippen LogP) is 5.18. The van der Waals surface area contributed by atoms with Gasteiger partial charge in [0, 0.05) is 0 Å².